The highest BCUT2D eigenvalue weighted by atomic mass is 79.9. The number of carbonyl (C=O) groups is 1. The van der Waals surface area contributed by atoms with E-state index in [0.717, 1.165) is 10.5 Å². The van der Waals surface area contributed by atoms with Crippen molar-refractivity contribution in [2.45, 2.75) is 0 Å². The maximum absolute atomic E-state index is 14.7. The Bertz CT molecular complexity index is 1590. The van der Waals surface area contributed by atoms with Crippen molar-refractivity contribution in [1.29, 1.82) is 0 Å². The van der Waals surface area contributed by atoms with Crippen molar-refractivity contribution in [3.63, 3.8) is 0 Å². The van der Waals surface area contributed by atoms with Crippen molar-refractivity contribution >= 4 is 49.1 Å². The van der Waals surface area contributed by atoms with Crippen molar-refractivity contribution in [3.05, 3.63) is 98.7 Å². The molecule has 1 amide bonds. The first-order chi connectivity index (χ1) is 16.5. The van der Waals surface area contributed by atoms with E-state index in [0.29, 0.717) is 15.9 Å². The van der Waals surface area contributed by atoms with Gasteiger partial charge in [0.05, 0.1) is 11.2 Å². The Morgan fingerprint density at radius 2 is 1.91 bits per heavy atom. The summed E-state index contributed by atoms with van der Waals surface area (Å²) in [7, 11) is 0. The summed E-state index contributed by atoms with van der Waals surface area (Å²) in [5, 5.41) is 8.47. The van der Waals surface area contributed by atoms with Crippen LogP contribution in [0.25, 0.3) is 15.9 Å². The first-order valence-corrected chi connectivity index (χ1v) is 11.5. The maximum atomic E-state index is 14.7. The highest BCUT2D eigenvalue weighted by molar-refractivity contribution is 9.10. The Hall–Kier alpha value is -3.96. The van der Waals surface area contributed by atoms with Crippen LogP contribution in [-0.4, -0.2) is 25.7 Å². The highest BCUT2D eigenvalue weighted by Gasteiger charge is 2.16. The third-order valence-corrected chi connectivity index (χ3v) is 6.14. The van der Waals surface area contributed by atoms with Gasteiger partial charge in [0.2, 0.25) is 11.3 Å². The minimum atomic E-state index is -0.763. The molecule has 0 aliphatic heterocycles. The summed E-state index contributed by atoms with van der Waals surface area (Å²) in [6, 6.07) is 14.2. The first-order valence-electron chi connectivity index (χ1n) is 9.81. The number of aromatic nitrogens is 4. The molecule has 0 fully saturated rings. The van der Waals surface area contributed by atoms with Crippen LogP contribution >= 0.6 is 27.3 Å². The van der Waals surface area contributed by atoms with Crippen LogP contribution in [0, 0.1) is 5.82 Å². The lowest BCUT2D eigenvalue weighted by Crippen LogP contribution is -2.25. The molecular weight excluding hydrogens is 525 g/mol. The monoisotopic (exact) mass is 537 g/mol. The lowest BCUT2D eigenvalue weighted by atomic mass is 10.2. The molecule has 0 saturated carbocycles. The molecule has 0 aliphatic rings. The van der Waals surface area contributed by atoms with Gasteiger partial charge in [-0.2, -0.15) is 5.10 Å². The smallest absolute Gasteiger partial charge is 0.280 e. The van der Waals surface area contributed by atoms with Crippen LogP contribution in [0.15, 0.2) is 81.8 Å². The van der Waals surface area contributed by atoms with Gasteiger partial charge in [-0.15, -0.1) is 11.3 Å². The van der Waals surface area contributed by atoms with Crippen LogP contribution in [0.4, 0.5) is 10.1 Å². The topological polar surface area (TPSA) is 99.0 Å². The third kappa shape index (κ3) is 4.43. The summed E-state index contributed by atoms with van der Waals surface area (Å²) < 4.78 is 23.3. The summed E-state index contributed by atoms with van der Waals surface area (Å²) >= 11 is 4.73. The van der Waals surface area contributed by atoms with Gasteiger partial charge in [-0.3, -0.25) is 9.59 Å². The molecule has 0 bridgehead atoms. The number of ether oxygens (including phenoxy) is 1. The third-order valence-electron chi connectivity index (χ3n) is 4.72. The molecule has 2 aromatic carbocycles. The van der Waals surface area contributed by atoms with Gasteiger partial charge in [0.15, 0.2) is 17.3 Å². The Morgan fingerprint density at radius 1 is 1.09 bits per heavy atom. The lowest BCUT2D eigenvalue weighted by Gasteiger charge is -2.10. The highest BCUT2D eigenvalue weighted by Crippen LogP contribution is 2.32. The summed E-state index contributed by atoms with van der Waals surface area (Å²) in [5.74, 6) is -1.31. The zero-order valence-corrected chi connectivity index (χ0v) is 19.5. The van der Waals surface area contributed by atoms with Crippen molar-refractivity contribution in [1.82, 2.24) is 19.7 Å². The van der Waals surface area contributed by atoms with E-state index >= 15 is 0 Å². The zero-order chi connectivity index (χ0) is 23.7. The normalized spacial score (nSPS) is 10.9. The number of thiophene rings is 1. The Kier molecular flexibility index (Phi) is 5.86. The van der Waals surface area contributed by atoms with Crippen LogP contribution in [0.2, 0.25) is 0 Å². The molecule has 0 saturated heterocycles. The van der Waals surface area contributed by atoms with Crippen molar-refractivity contribution in [3.8, 4) is 17.3 Å². The number of amides is 1. The molecule has 0 atom stereocenters. The van der Waals surface area contributed by atoms with Crippen LogP contribution in [-0.2, 0) is 0 Å². The summed E-state index contributed by atoms with van der Waals surface area (Å²) in [4.78, 5) is 33.1. The van der Waals surface area contributed by atoms with Crippen LogP contribution in [0.3, 0.4) is 0 Å². The Balaban J connectivity index is 1.36. The second kappa shape index (κ2) is 9.12. The van der Waals surface area contributed by atoms with Crippen molar-refractivity contribution in [2.75, 3.05) is 5.32 Å². The fourth-order valence-corrected chi connectivity index (χ4v) is 4.13. The number of rotatable bonds is 5. The molecule has 34 heavy (non-hydrogen) atoms. The first kappa shape index (κ1) is 21.9. The van der Waals surface area contributed by atoms with Gasteiger partial charge in [0.1, 0.15) is 11.0 Å². The van der Waals surface area contributed by atoms with Crippen LogP contribution in [0.5, 0.6) is 11.6 Å². The molecule has 3 aromatic heterocycles. The van der Waals surface area contributed by atoms with E-state index in [2.05, 4.69) is 36.3 Å². The second-order valence-electron chi connectivity index (χ2n) is 6.96. The summed E-state index contributed by atoms with van der Waals surface area (Å²) in [5.41, 5.74) is 0.610. The number of nitrogens with zero attached hydrogens (tertiary/aromatic N) is 4. The minimum Gasteiger partial charge on any atom is -0.434 e. The van der Waals surface area contributed by atoms with E-state index in [9.17, 15) is 14.0 Å². The van der Waals surface area contributed by atoms with Crippen LogP contribution in [0.1, 0.15) is 10.5 Å². The minimum absolute atomic E-state index is 0.0678. The van der Waals surface area contributed by atoms with E-state index < -0.39 is 17.2 Å². The number of carbonyl (C=O) groups excluding carboxylic acids is 1. The number of hydrogen-bond acceptors (Lipinski definition) is 7. The molecule has 11 heteroatoms. The van der Waals surface area contributed by atoms with E-state index in [1.54, 1.807) is 12.1 Å². The predicted octanol–water partition coefficient (Wildman–Crippen LogP) is 5.18. The van der Waals surface area contributed by atoms with E-state index in [4.69, 9.17) is 4.74 Å². The number of nitrogens with one attached hydrogen (secondary N) is 1. The molecule has 5 rings (SSSR count). The molecule has 8 nitrogen and oxygen atoms in total. The molecular formula is C23H13BrFN5O3S. The molecule has 3 heterocycles. The number of anilines is 1. The largest absolute Gasteiger partial charge is 0.434 e. The zero-order valence-electron chi connectivity index (χ0n) is 17.1. The number of benzene rings is 2. The molecule has 0 radical (unpaired) electrons. The average Bonchev–Trinajstić information content (AvgIpc) is 3.32. The average molecular weight is 538 g/mol. The predicted molar refractivity (Wildman–Crippen MR) is 129 cm³/mol. The van der Waals surface area contributed by atoms with E-state index in [1.165, 1.54) is 46.7 Å². The quantitative estimate of drug-likeness (QED) is 0.331. The molecule has 0 unspecified atom stereocenters. The van der Waals surface area contributed by atoms with Crippen molar-refractivity contribution in [2.24, 2.45) is 0 Å². The van der Waals surface area contributed by atoms with Gasteiger partial charge in [-0.1, -0.05) is 15.9 Å². The Labute approximate surface area is 203 Å². The van der Waals surface area contributed by atoms with Gasteiger partial charge < -0.3 is 10.1 Å². The Morgan fingerprint density at radius 3 is 2.71 bits per heavy atom. The number of fused-ring (bicyclic) bond motifs is 1. The SMILES string of the molecule is O=C(Nc1ccc(Oc2ncnc3ccsc23)c(F)c1)c1nn(-c2ccc(Br)cc2)ccc1=O. The van der Waals surface area contributed by atoms with Crippen LogP contribution < -0.4 is 15.5 Å². The number of hydrogen-bond donors (Lipinski definition) is 1. The van der Waals surface area contributed by atoms with E-state index in [-0.39, 0.29) is 23.0 Å². The van der Waals surface area contributed by atoms with Gasteiger partial charge in [0.25, 0.3) is 5.91 Å². The van der Waals surface area contributed by atoms with Gasteiger partial charge in [-0.25, -0.2) is 19.0 Å². The molecule has 0 aliphatic carbocycles. The summed E-state index contributed by atoms with van der Waals surface area (Å²) in [6.45, 7) is 0. The molecule has 1 N–H and O–H groups in total. The fourth-order valence-electron chi connectivity index (χ4n) is 3.10. The lowest BCUT2D eigenvalue weighted by molar-refractivity contribution is 0.101. The molecule has 168 valence electrons. The van der Waals surface area contributed by atoms with Gasteiger partial charge in [0, 0.05) is 28.5 Å². The van der Waals surface area contributed by atoms with E-state index in [1.807, 2.05) is 23.6 Å². The maximum Gasteiger partial charge on any atom is 0.280 e. The summed E-state index contributed by atoms with van der Waals surface area (Å²) in [6.07, 6.45) is 2.80. The van der Waals surface area contributed by atoms with Gasteiger partial charge in [-0.05, 0) is 47.8 Å². The van der Waals surface area contributed by atoms with Crippen molar-refractivity contribution < 1.29 is 13.9 Å². The molecule has 5 aromatic rings. The second-order valence-corrected chi connectivity index (χ2v) is 8.80. The number of halogens is 2. The molecule has 0 spiro atoms. The van der Waals surface area contributed by atoms with Gasteiger partial charge >= 0.3 is 0 Å². The fraction of sp³-hybridized carbons (Fsp3) is 0. The standard InChI is InChI=1S/C23H13BrFN5O3S/c24-13-1-4-15(5-2-13)30-9-7-18(31)20(29-30)22(32)28-14-3-6-19(16(25)11-14)33-23-21-17(8-10-34-21)26-12-27-23/h1-12H,(H,28,32).